The number of halogens is 1. The summed E-state index contributed by atoms with van der Waals surface area (Å²) in [5.74, 6) is 0.748. The molecule has 142 valence electrons. The van der Waals surface area contributed by atoms with E-state index in [1.165, 1.54) is 0 Å². The number of hydrogen-bond acceptors (Lipinski definition) is 5. The molecule has 3 amide bonds. The van der Waals surface area contributed by atoms with Gasteiger partial charge in [0, 0.05) is 22.8 Å². The van der Waals surface area contributed by atoms with E-state index in [9.17, 15) is 9.59 Å². The molecule has 1 atom stereocenters. The van der Waals surface area contributed by atoms with E-state index < -0.39 is 11.9 Å². The first-order valence-electron chi connectivity index (χ1n) is 8.50. The molecule has 0 aromatic heterocycles. The molecule has 0 unspecified atom stereocenters. The van der Waals surface area contributed by atoms with Gasteiger partial charge in [0.1, 0.15) is 13.2 Å². The fourth-order valence-corrected chi connectivity index (χ4v) is 2.70. The summed E-state index contributed by atoms with van der Waals surface area (Å²) in [7, 11) is 0. The van der Waals surface area contributed by atoms with Crippen LogP contribution in [0.2, 0.25) is 5.02 Å². The summed E-state index contributed by atoms with van der Waals surface area (Å²) in [6.45, 7) is 2.87. The van der Waals surface area contributed by atoms with Crippen molar-refractivity contribution in [3.8, 4) is 11.5 Å². The number of imide groups is 1. The Morgan fingerprint density at radius 1 is 1.07 bits per heavy atom. The van der Waals surface area contributed by atoms with Crippen molar-refractivity contribution in [2.75, 3.05) is 25.1 Å². The summed E-state index contributed by atoms with van der Waals surface area (Å²) in [4.78, 5) is 24.0. The fourth-order valence-electron chi connectivity index (χ4n) is 2.57. The molecule has 0 spiro atoms. The molecule has 2 aromatic rings. The quantitative estimate of drug-likeness (QED) is 0.731. The zero-order chi connectivity index (χ0) is 19.2. The van der Waals surface area contributed by atoms with E-state index in [2.05, 4.69) is 16.0 Å². The Bertz CT molecular complexity index is 826. The van der Waals surface area contributed by atoms with Gasteiger partial charge in [-0.05, 0) is 36.8 Å². The average molecular weight is 390 g/mol. The summed E-state index contributed by atoms with van der Waals surface area (Å²) in [5, 5.41) is 8.59. The first-order valence-corrected chi connectivity index (χ1v) is 8.88. The molecule has 0 saturated carbocycles. The largest absolute Gasteiger partial charge is 0.486 e. The van der Waals surface area contributed by atoms with Crippen LogP contribution in [0.4, 0.5) is 10.5 Å². The standard InChI is InChI=1S/C19H20ClN3O4/c1-12(13-2-4-14(20)5-3-13)21-11-18(24)23-19(25)22-15-6-7-16-17(10-15)27-9-8-26-16/h2-7,10,12,21H,8-9,11H2,1H3,(H2,22,23,24,25)/t12-/m1/s1. The highest BCUT2D eigenvalue weighted by atomic mass is 35.5. The molecule has 0 fully saturated rings. The van der Waals surface area contributed by atoms with Gasteiger partial charge in [-0.3, -0.25) is 10.1 Å². The third-order valence-corrected chi connectivity index (χ3v) is 4.24. The second-order valence-corrected chi connectivity index (χ2v) is 6.45. The number of ether oxygens (including phenoxy) is 2. The Morgan fingerprint density at radius 3 is 2.52 bits per heavy atom. The van der Waals surface area contributed by atoms with Crippen molar-refractivity contribution < 1.29 is 19.1 Å². The first kappa shape index (κ1) is 19.0. The molecular weight excluding hydrogens is 370 g/mol. The predicted octanol–water partition coefficient (Wildman–Crippen LogP) is 3.11. The molecule has 8 heteroatoms. The molecule has 2 aromatic carbocycles. The van der Waals surface area contributed by atoms with Crippen molar-refractivity contribution in [1.29, 1.82) is 0 Å². The second kappa shape index (κ2) is 8.75. The molecule has 27 heavy (non-hydrogen) atoms. The van der Waals surface area contributed by atoms with Crippen LogP contribution in [0.5, 0.6) is 11.5 Å². The molecule has 0 saturated heterocycles. The maximum Gasteiger partial charge on any atom is 0.325 e. The van der Waals surface area contributed by atoms with Crippen LogP contribution in [0.25, 0.3) is 0 Å². The van der Waals surface area contributed by atoms with Gasteiger partial charge in [0.25, 0.3) is 0 Å². The maximum atomic E-state index is 12.0. The second-order valence-electron chi connectivity index (χ2n) is 6.01. The minimum atomic E-state index is -0.613. The van der Waals surface area contributed by atoms with Gasteiger partial charge >= 0.3 is 6.03 Å². The number of urea groups is 1. The van der Waals surface area contributed by atoms with Gasteiger partial charge in [-0.1, -0.05) is 23.7 Å². The first-order chi connectivity index (χ1) is 13.0. The van der Waals surface area contributed by atoms with E-state index in [1.807, 2.05) is 19.1 Å². The third-order valence-electron chi connectivity index (χ3n) is 3.99. The summed E-state index contributed by atoms with van der Waals surface area (Å²) in [5.41, 5.74) is 1.50. The number of carbonyl (C=O) groups excluding carboxylic acids is 2. The zero-order valence-electron chi connectivity index (χ0n) is 14.8. The van der Waals surface area contributed by atoms with Crippen LogP contribution < -0.4 is 25.4 Å². The van der Waals surface area contributed by atoms with Crippen LogP contribution in [-0.2, 0) is 4.79 Å². The molecule has 0 bridgehead atoms. The molecular formula is C19H20ClN3O4. The van der Waals surface area contributed by atoms with Crippen molar-refractivity contribution in [1.82, 2.24) is 10.6 Å². The lowest BCUT2D eigenvalue weighted by Gasteiger charge is -2.19. The minimum Gasteiger partial charge on any atom is -0.486 e. The van der Waals surface area contributed by atoms with Crippen molar-refractivity contribution in [3.05, 3.63) is 53.1 Å². The van der Waals surface area contributed by atoms with Crippen LogP contribution in [0.15, 0.2) is 42.5 Å². The number of rotatable bonds is 5. The lowest BCUT2D eigenvalue weighted by atomic mass is 10.1. The summed E-state index contributed by atoms with van der Waals surface area (Å²) in [6, 6.07) is 11.7. The van der Waals surface area contributed by atoms with E-state index in [4.69, 9.17) is 21.1 Å². The highest BCUT2D eigenvalue weighted by molar-refractivity contribution is 6.30. The molecule has 1 heterocycles. The SMILES string of the molecule is C[C@@H](NCC(=O)NC(=O)Nc1ccc2c(c1)OCCO2)c1ccc(Cl)cc1. The van der Waals surface area contributed by atoms with Gasteiger partial charge in [0.15, 0.2) is 11.5 Å². The van der Waals surface area contributed by atoms with Gasteiger partial charge in [0.2, 0.25) is 5.91 Å². The highest BCUT2D eigenvalue weighted by Crippen LogP contribution is 2.32. The lowest BCUT2D eigenvalue weighted by molar-refractivity contribution is -0.119. The Kier molecular flexibility index (Phi) is 6.16. The van der Waals surface area contributed by atoms with Gasteiger partial charge in [0.05, 0.1) is 6.54 Å². The van der Waals surface area contributed by atoms with Crippen LogP contribution in [0, 0.1) is 0 Å². The molecule has 0 radical (unpaired) electrons. The van der Waals surface area contributed by atoms with Gasteiger partial charge in [-0.25, -0.2) is 4.79 Å². The maximum absolute atomic E-state index is 12.0. The minimum absolute atomic E-state index is 0.00163. The normalized spacial score (nSPS) is 13.6. The van der Waals surface area contributed by atoms with Crippen molar-refractivity contribution in [3.63, 3.8) is 0 Å². The average Bonchev–Trinajstić information content (AvgIpc) is 2.66. The third kappa shape index (κ3) is 5.35. The van der Waals surface area contributed by atoms with E-state index in [0.29, 0.717) is 35.4 Å². The lowest BCUT2D eigenvalue weighted by Crippen LogP contribution is -2.40. The summed E-state index contributed by atoms with van der Waals surface area (Å²) >= 11 is 5.86. The highest BCUT2D eigenvalue weighted by Gasteiger charge is 2.14. The number of fused-ring (bicyclic) bond motifs is 1. The number of hydrogen-bond donors (Lipinski definition) is 3. The Hall–Kier alpha value is -2.77. The molecule has 3 N–H and O–H groups in total. The van der Waals surface area contributed by atoms with Gasteiger partial charge in [-0.2, -0.15) is 0 Å². The van der Waals surface area contributed by atoms with Gasteiger partial charge in [-0.15, -0.1) is 0 Å². The van der Waals surface area contributed by atoms with Crippen LogP contribution >= 0.6 is 11.6 Å². The van der Waals surface area contributed by atoms with Crippen LogP contribution in [0.3, 0.4) is 0 Å². The predicted molar refractivity (Wildman–Crippen MR) is 102 cm³/mol. The van der Waals surface area contributed by atoms with Crippen molar-refractivity contribution in [2.45, 2.75) is 13.0 Å². The molecule has 0 aliphatic carbocycles. The Morgan fingerprint density at radius 2 is 1.78 bits per heavy atom. The van der Waals surface area contributed by atoms with E-state index in [-0.39, 0.29) is 12.6 Å². The van der Waals surface area contributed by atoms with Crippen LogP contribution in [0.1, 0.15) is 18.5 Å². The van der Waals surface area contributed by atoms with E-state index >= 15 is 0 Å². The Labute approximate surface area is 162 Å². The van der Waals surface area contributed by atoms with Crippen molar-refractivity contribution in [2.24, 2.45) is 0 Å². The monoisotopic (exact) mass is 389 g/mol. The Balaban J connectivity index is 1.46. The molecule has 7 nitrogen and oxygen atoms in total. The molecule has 1 aliphatic heterocycles. The molecule has 1 aliphatic rings. The topological polar surface area (TPSA) is 88.7 Å². The van der Waals surface area contributed by atoms with Crippen molar-refractivity contribution >= 4 is 29.2 Å². The smallest absolute Gasteiger partial charge is 0.325 e. The number of amides is 3. The number of carbonyl (C=O) groups is 2. The molecule has 3 rings (SSSR count). The number of anilines is 1. The fraction of sp³-hybridized carbons (Fsp3) is 0.263. The summed E-state index contributed by atoms with van der Waals surface area (Å²) < 4.78 is 10.9. The summed E-state index contributed by atoms with van der Waals surface area (Å²) in [6.07, 6.45) is 0. The number of benzene rings is 2. The van der Waals surface area contributed by atoms with E-state index in [0.717, 1.165) is 5.56 Å². The van der Waals surface area contributed by atoms with Crippen LogP contribution in [-0.4, -0.2) is 31.7 Å². The van der Waals surface area contributed by atoms with Gasteiger partial charge < -0.3 is 20.1 Å². The number of nitrogens with one attached hydrogen (secondary N) is 3. The van der Waals surface area contributed by atoms with E-state index in [1.54, 1.807) is 30.3 Å². The zero-order valence-corrected chi connectivity index (χ0v) is 15.5.